The first-order valence-electron chi connectivity index (χ1n) is 6.23. The lowest BCUT2D eigenvalue weighted by molar-refractivity contribution is -0.137. The first-order chi connectivity index (χ1) is 9.82. The van der Waals surface area contributed by atoms with Crippen molar-refractivity contribution in [3.8, 4) is 0 Å². The topological polar surface area (TPSA) is 29.1 Å². The van der Waals surface area contributed by atoms with Crippen molar-refractivity contribution in [1.29, 1.82) is 0 Å². The number of rotatable bonds is 4. The van der Waals surface area contributed by atoms with Crippen LogP contribution in [0.25, 0.3) is 6.08 Å². The minimum atomic E-state index is -4.36. The van der Waals surface area contributed by atoms with Crippen molar-refractivity contribution >= 4 is 23.6 Å². The molecular weight excluding hydrogens is 303 g/mol. The lowest BCUT2D eigenvalue weighted by atomic mass is 10.1. The van der Waals surface area contributed by atoms with Crippen LogP contribution >= 0.6 is 11.6 Å². The van der Waals surface area contributed by atoms with Gasteiger partial charge >= 0.3 is 6.18 Å². The number of hydrogen-bond donors (Lipinski definition) is 1. The van der Waals surface area contributed by atoms with Crippen molar-refractivity contribution in [3.05, 3.63) is 53.7 Å². The lowest BCUT2D eigenvalue weighted by Crippen LogP contribution is -2.20. The van der Waals surface area contributed by atoms with E-state index >= 15 is 0 Å². The number of halogens is 4. The monoisotopic (exact) mass is 319 g/mol. The highest BCUT2D eigenvalue weighted by molar-refractivity contribution is 6.19. The van der Waals surface area contributed by atoms with Crippen LogP contribution in [0.1, 0.15) is 25.0 Å². The van der Waals surface area contributed by atoms with Crippen LogP contribution in [0.15, 0.2) is 42.6 Å². The van der Waals surface area contributed by atoms with Crippen LogP contribution in [-0.4, -0.2) is 11.8 Å². The molecule has 0 heterocycles. The fraction of sp³-hybridized carbons (Fsp3) is 0.267. The third-order valence-electron chi connectivity index (χ3n) is 2.13. The lowest BCUT2D eigenvalue weighted by Gasteiger charge is -2.06. The molecule has 0 fully saturated rings. The Morgan fingerprint density at radius 1 is 1.29 bits per heavy atom. The van der Waals surface area contributed by atoms with Gasteiger partial charge in [-0.05, 0) is 23.8 Å². The molecule has 1 aromatic carbocycles. The highest BCUT2D eigenvalue weighted by Gasteiger charge is 2.29. The molecule has 0 saturated carbocycles. The van der Waals surface area contributed by atoms with E-state index in [-0.39, 0.29) is 5.88 Å². The molecule has 0 saturated heterocycles. The summed E-state index contributed by atoms with van der Waals surface area (Å²) in [6.45, 7) is 7.48. The quantitative estimate of drug-likeness (QED) is 0.637. The standard InChI is InChI=1S/C13H11ClF3NO.C2H6/c1-9(8-14)18-12(19)7-4-10-2-5-11(6-3-10)13(15,16)17;1-2/h2-7H,1,8H2,(H,18,19);1-2H3/b7-4+;. The minimum absolute atomic E-state index is 0.0971. The molecular formula is C15H17ClF3NO. The molecule has 1 aromatic rings. The van der Waals surface area contributed by atoms with Crippen molar-refractivity contribution in [2.24, 2.45) is 0 Å². The molecule has 0 atom stereocenters. The molecule has 0 aromatic heterocycles. The molecule has 0 spiro atoms. The summed E-state index contributed by atoms with van der Waals surface area (Å²) in [4.78, 5) is 11.3. The van der Waals surface area contributed by atoms with Crippen molar-refractivity contribution in [2.45, 2.75) is 20.0 Å². The maximum Gasteiger partial charge on any atom is 0.416 e. The fourth-order valence-corrected chi connectivity index (χ4v) is 1.27. The first kappa shape index (κ1) is 19.2. The summed E-state index contributed by atoms with van der Waals surface area (Å²) >= 11 is 5.43. The van der Waals surface area contributed by atoms with E-state index < -0.39 is 17.6 Å². The second kappa shape index (κ2) is 9.23. The third kappa shape index (κ3) is 7.56. The summed E-state index contributed by atoms with van der Waals surface area (Å²) in [5, 5.41) is 2.40. The number of amides is 1. The van der Waals surface area contributed by atoms with Crippen LogP contribution in [0, 0.1) is 0 Å². The zero-order chi connectivity index (χ0) is 16.5. The number of carbonyl (C=O) groups is 1. The molecule has 1 rings (SSSR count). The van der Waals surface area contributed by atoms with Crippen LogP contribution in [0.5, 0.6) is 0 Å². The van der Waals surface area contributed by atoms with E-state index in [1.54, 1.807) is 0 Å². The average Bonchev–Trinajstić information content (AvgIpc) is 2.46. The Bertz CT molecular complexity index is 493. The van der Waals surface area contributed by atoms with Gasteiger partial charge in [-0.15, -0.1) is 11.6 Å². The fourth-order valence-electron chi connectivity index (χ4n) is 1.20. The molecule has 0 bridgehead atoms. The zero-order valence-electron chi connectivity index (χ0n) is 11.8. The second-order valence-electron chi connectivity index (χ2n) is 3.68. The molecule has 116 valence electrons. The summed E-state index contributed by atoms with van der Waals surface area (Å²) in [5.41, 5.74) is 0.105. The molecule has 0 aliphatic carbocycles. The van der Waals surface area contributed by atoms with E-state index in [0.717, 1.165) is 12.1 Å². The smallest absolute Gasteiger partial charge is 0.326 e. The summed E-state index contributed by atoms with van der Waals surface area (Å²) in [6, 6.07) is 4.47. The summed E-state index contributed by atoms with van der Waals surface area (Å²) in [5.74, 6) is -0.342. The Balaban J connectivity index is 0.00000191. The summed E-state index contributed by atoms with van der Waals surface area (Å²) < 4.78 is 36.9. The van der Waals surface area contributed by atoms with Crippen molar-refractivity contribution in [2.75, 3.05) is 5.88 Å². The number of benzene rings is 1. The number of carbonyl (C=O) groups excluding carboxylic acids is 1. The van der Waals surface area contributed by atoms with Gasteiger partial charge in [0.05, 0.1) is 11.4 Å². The van der Waals surface area contributed by atoms with E-state index in [9.17, 15) is 18.0 Å². The predicted molar refractivity (Wildman–Crippen MR) is 79.8 cm³/mol. The summed E-state index contributed by atoms with van der Waals surface area (Å²) in [6.07, 6.45) is -1.77. The molecule has 1 N–H and O–H groups in total. The molecule has 1 amide bonds. The van der Waals surface area contributed by atoms with Gasteiger partial charge in [0.15, 0.2) is 0 Å². The second-order valence-corrected chi connectivity index (χ2v) is 3.95. The molecule has 0 radical (unpaired) electrons. The third-order valence-corrected chi connectivity index (χ3v) is 2.45. The van der Waals surface area contributed by atoms with Gasteiger partial charge in [0, 0.05) is 11.8 Å². The maximum atomic E-state index is 12.3. The van der Waals surface area contributed by atoms with Gasteiger partial charge < -0.3 is 5.32 Å². The van der Waals surface area contributed by atoms with Crippen molar-refractivity contribution in [3.63, 3.8) is 0 Å². The van der Waals surface area contributed by atoms with E-state index in [1.165, 1.54) is 24.3 Å². The molecule has 6 heteroatoms. The highest BCUT2D eigenvalue weighted by atomic mass is 35.5. The molecule has 0 unspecified atom stereocenters. The van der Waals surface area contributed by atoms with E-state index in [2.05, 4.69) is 11.9 Å². The van der Waals surface area contributed by atoms with Gasteiger partial charge in [-0.1, -0.05) is 32.6 Å². The van der Waals surface area contributed by atoms with Crippen LogP contribution < -0.4 is 5.32 Å². The normalized spacial score (nSPS) is 10.8. The Hall–Kier alpha value is -1.75. The average molecular weight is 320 g/mol. The number of allylic oxidation sites excluding steroid dienone is 1. The van der Waals surface area contributed by atoms with E-state index in [0.29, 0.717) is 11.3 Å². The predicted octanol–water partition coefficient (Wildman–Crippen LogP) is 4.61. The Morgan fingerprint density at radius 2 is 1.81 bits per heavy atom. The van der Waals surface area contributed by atoms with Crippen LogP contribution in [0.4, 0.5) is 13.2 Å². The minimum Gasteiger partial charge on any atom is -0.326 e. The van der Waals surface area contributed by atoms with Crippen LogP contribution in [0.2, 0.25) is 0 Å². The van der Waals surface area contributed by atoms with Gasteiger partial charge in [0.25, 0.3) is 0 Å². The Kier molecular flexibility index (Phi) is 8.47. The van der Waals surface area contributed by atoms with Crippen LogP contribution in [-0.2, 0) is 11.0 Å². The number of nitrogens with one attached hydrogen (secondary N) is 1. The largest absolute Gasteiger partial charge is 0.416 e. The van der Waals surface area contributed by atoms with E-state index in [4.69, 9.17) is 11.6 Å². The Labute approximate surface area is 127 Å². The maximum absolute atomic E-state index is 12.3. The first-order valence-corrected chi connectivity index (χ1v) is 6.76. The molecule has 0 aliphatic rings. The number of alkyl halides is 4. The van der Waals surface area contributed by atoms with Gasteiger partial charge in [0.1, 0.15) is 0 Å². The molecule has 0 aliphatic heterocycles. The Morgan fingerprint density at radius 3 is 2.24 bits per heavy atom. The zero-order valence-corrected chi connectivity index (χ0v) is 12.6. The number of hydrogen-bond acceptors (Lipinski definition) is 1. The van der Waals surface area contributed by atoms with Gasteiger partial charge in [-0.2, -0.15) is 13.2 Å². The molecule has 21 heavy (non-hydrogen) atoms. The summed E-state index contributed by atoms with van der Waals surface area (Å²) in [7, 11) is 0. The van der Waals surface area contributed by atoms with E-state index in [1.807, 2.05) is 13.8 Å². The van der Waals surface area contributed by atoms with Gasteiger partial charge in [-0.3, -0.25) is 4.79 Å². The van der Waals surface area contributed by atoms with Crippen molar-refractivity contribution in [1.82, 2.24) is 5.32 Å². The van der Waals surface area contributed by atoms with Gasteiger partial charge in [-0.25, -0.2) is 0 Å². The molecule has 2 nitrogen and oxygen atoms in total. The van der Waals surface area contributed by atoms with Crippen molar-refractivity contribution < 1.29 is 18.0 Å². The highest BCUT2D eigenvalue weighted by Crippen LogP contribution is 2.29. The van der Waals surface area contributed by atoms with Gasteiger partial charge in [0.2, 0.25) is 5.91 Å². The van der Waals surface area contributed by atoms with Crippen LogP contribution in [0.3, 0.4) is 0 Å². The SMILES string of the molecule is C=C(CCl)NC(=O)/C=C/c1ccc(C(F)(F)F)cc1.CC.